The molecule has 2 heterocycles. The van der Waals surface area contributed by atoms with Crippen LogP contribution in [0.25, 0.3) is 0 Å². The predicted molar refractivity (Wildman–Crippen MR) is 85.9 cm³/mol. The topological polar surface area (TPSA) is 56.3 Å². The van der Waals surface area contributed by atoms with Crippen LogP contribution in [0.15, 0.2) is 0 Å². The third-order valence-electron chi connectivity index (χ3n) is 4.78. The lowest BCUT2D eigenvalue weighted by Gasteiger charge is -2.37. The van der Waals surface area contributed by atoms with E-state index in [-0.39, 0.29) is 12.1 Å². The lowest BCUT2D eigenvalue weighted by molar-refractivity contribution is 0.0495. The molecule has 0 aromatic heterocycles. The summed E-state index contributed by atoms with van der Waals surface area (Å²) >= 11 is 0. The van der Waals surface area contributed by atoms with Crippen molar-refractivity contribution in [3.63, 3.8) is 0 Å². The molecule has 1 N–H and O–H groups in total. The molecule has 6 nitrogen and oxygen atoms in total. The molecule has 128 valence electrons. The zero-order chi connectivity index (χ0) is 15.9. The summed E-state index contributed by atoms with van der Waals surface area (Å²) in [6.07, 6.45) is 2.42. The number of nitrogens with zero attached hydrogens (tertiary/aromatic N) is 3. The summed E-state index contributed by atoms with van der Waals surface area (Å²) in [6.45, 7) is 10.5. The van der Waals surface area contributed by atoms with Crippen LogP contribution in [-0.4, -0.2) is 90.5 Å². The minimum atomic E-state index is -0.313. The molecule has 2 fully saturated rings. The molecule has 0 radical (unpaired) electrons. The van der Waals surface area contributed by atoms with E-state index in [0.29, 0.717) is 25.7 Å². The van der Waals surface area contributed by atoms with Gasteiger partial charge in [-0.15, -0.1) is 0 Å². The van der Waals surface area contributed by atoms with Gasteiger partial charge >= 0.3 is 6.03 Å². The molecule has 0 aliphatic carbocycles. The summed E-state index contributed by atoms with van der Waals surface area (Å²) in [5.74, 6) is 0. The lowest BCUT2D eigenvalue weighted by atomic mass is 10.0. The minimum absolute atomic E-state index is 0.206. The number of aliphatic hydroxyl groups excluding tert-OH is 1. The van der Waals surface area contributed by atoms with Gasteiger partial charge in [-0.1, -0.05) is 0 Å². The van der Waals surface area contributed by atoms with E-state index in [2.05, 4.69) is 4.90 Å². The number of carbonyl (C=O) groups excluding carboxylic acids is 1. The highest BCUT2D eigenvalue weighted by Gasteiger charge is 2.34. The standard InChI is InChI=1S/C16H31N3O3/c1-3-18-10-11-19(16(18)21)14-5-8-17(9-6-14)13-15(20)7-12-22-4-2/h14-15,20H,3-13H2,1-2H3. The van der Waals surface area contributed by atoms with Crippen LogP contribution < -0.4 is 0 Å². The zero-order valence-electron chi connectivity index (χ0n) is 14.0. The van der Waals surface area contributed by atoms with Crippen molar-refractivity contribution in [2.45, 2.75) is 45.3 Å². The molecular formula is C16H31N3O3. The quantitative estimate of drug-likeness (QED) is 0.679. The molecule has 0 bridgehead atoms. The summed E-state index contributed by atoms with van der Waals surface area (Å²) in [5.41, 5.74) is 0. The van der Waals surface area contributed by atoms with E-state index in [1.807, 2.05) is 23.6 Å². The summed E-state index contributed by atoms with van der Waals surface area (Å²) in [4.78, 5) is 18.5. The van der Waals surface area contributed by atoms with Crippen LogP contribution in [0, 0.1) is 0 Å². The van der Waals surface area contributed by atoms with Crippen molar-refractivity contribution < 1.29 is 14.6 Å². The van der Waals surface area contributed by atoms with Crippen molar-refractivity contribution in [2.24, 2.45) is 0 Å². The predicted octanol–water partition coefficient (Wildman–Crippen LogP) is 0.996. The fourth-order valence-electron chi connectivity index (χ4n) is 3.40. The van der Waals surface area contributed by atoms with E-state index in [9.17, 15) is 9.90 Å². The average molecular weight is 313 g/mol. The first-order valence-corrected chi connectivity index (χ1v) is 8.69. The van der Waals surface area contributed by atoms with Crippen molar-refractivity contribution in [3.8, 4) is 0 Å². The first-order valence-electron chi connectivity index (χ1n) is 8.69. The third-order valence-corrected chi connectivity index (χ3v) is 4.78. The molecule has 2 amide bonds. The fourth-order valence-corrected chi connectivity index (χ4v) is 3.40. The average Bonchev–Trinajstić information content (AvgIpc) is 2.89. The molecule has 0 spiro atoms. The molecule has 0 saturated carbocycles. The number of urea groups is 1. The number of likely N-dealkylation sites (N-methyl/N-ethyl adjacent to an activating group) is 1. The fraction of sp³-hybridized carbons (Fsp3) is 0.938. The highest BCUT2D eigenvalue weighted by Crippen LogP contribution is 2.21. The smallest absolute Gasteiger partial charge is 0.320 e. The third kappa shape index (κ3) is 4.57. The number of aliphatic hydroxyl groups is 1. The van der Waals surface area contributed by atoms with Crippen LogP contribution in [0.5, 0.6) is 0 Å². The summed E-state index contributed by atoms with van der Waals surface area (Å²) in [7, 11) is 0. The number of β-amino-alcohol motifs (C(OH)–C–C–N with tert-alkyl or cyclic N) is 1. The minimum Gasteiger partial charge on any atom is -0.392 e. The second-order valence-electron chi connectivity index (χ2n) is 6.23. The lowest BCUT2D eigenvalue weighted by Crippen LogP contribution is -2.48. The van der Waals surface area contributed by atoms with E-state index in [4.69, 9.17) is 4.74 Å². The first-order chi connectivity index (χ1) is 10.7. The largest absolute Gasteiger partial charge is 0.392 e. The highest BCUT2D eigenvalue weighted by atomic mass is 16.5. The maximum Gasteiger partial charge on any atom is 0.320 e. The van der Waals surface area contributed by atoms with Crippen LogP contribution >= 0.6 is 0 Å². The van der Waals surface area contributed by atoms with Gasteiger partial charge in [0.2, 0.25) is 0 Å². The van der Waals surface area contributed by atoms with Gasteiger partial charge in [0, 0.05) is 58.5 Å². The number of ether oxygens (including phenoxy) is 1. The monoisotopic (exact) mass is 313 g/mol. The number of carbonyl (C=O) groups is 1. The Labute approximate surface area is 134 Å². The van der Waals surface area contributed by atoms with Gasteiger partial charge < -0.3 is 24.5 Å². The highest BCUT2D eigenvalue weighted by molar-refractivity contribution is 5.76. The Balaban J connectivity index is 1.68. The second kappa shape index (κ2) is 8.70. The van der Waals surface area contributed by atoms with Crippen molar-refractivity contribution >= 4 is 6.03 Å². The molecular weight excluding hydrogens is 282 g/mol. The Bertz CT molecular complexity index is 346. The van der Waals surface area contributed by atoms with Crippen LogP contribution in [0.4, 0.5) is 4.79 Å². The Kier molecular flexibility index (Phi) is 6.92. The van der Waals surface area contributed by atoms with E-state index in [0.717, 1.165) is 52.1 Å². The van der Waals surface area contributed by atoms with Gasteiger partial charge in [-0.25, -0.2) is 4.79 Å². The van der Waals surface area contributed by atoms with Crippen LogP contribution in [-0.2, 0) is 4.74 Å². The number of hydrogen-bond acceptors (Lipinski definition) is 4. The molecule has 6 heteroatoms. The van der Waals surface area contributed by atoms with Crippen molar-refractivity contribution in [2.75, 3.05) is 52.5 Å². The van der Waals surface area contributed by atoms with Gasteiger partial charge in [0.1, 0.15) is 0 Å². The van der Waals surface area contributed by atoms with Crippen molar-refractivity contribution in [1.29, 1.82) is 0 Å². The van der Waals surface area contributed by atoms with E-state index >= 15 is 0 Å². The number of hydrogen-bond donors (Lipinski definition) is 1. The number of likely N-dealkylation sites (tertiary alicyclic amines) is 1. The van der Waals surface area contributed by atoms with Gasteiger partial charge in [0.05, 0.1) is 6.10 Å². The Morgan fingerprint density at radius 1 is 1.23 bits per heavy atom. The van der Waals surface area contributed by atoms with E-state index in [1.54, 1.807) is 0 Å². The molecule has 2 aliphatic rings. The Morgan fingerprint density at radius 3 is 2.55 bits per heavy atom. The Hall–Kier alpha value is -0.850. The normalized spacial score (nSPS) is 22.6. The molecule has 2 rings (SSSR count). The van der Waals surface area contributed by atoms with Crippen LogP contribution in [0.2, 0.25) is 0 Å². The SMILES string of the molecule is CCOCCC(O)CN1CCC(N2CCN(CC)C2=O)CC1. The summed E-state index contributed by atoms with van der Waals surface area (Å²) in [5, 5.41) is 10.0. The number of rotatable bonds is 8. The first kappa shape index (κ1) is 17.5. The summed E-state index contributed by atoms with van der Waals surface area (Å²) < 4.78 is 5.28. The molecule has 1 unspecified atom stereocenters. The summed E-state index contributed by atoms with van der Waals surface area (Å²) in [6, 6.07) is 0.582. The zero-order valence-corrected chi connectivity index (χ0v) is 14.0. The molecule has 2 aliphatic heterocycles. The van der Waals surface area contributed by atoms with Gasteiger partial charge in [0.15, 0.2) is 0 Å². The van der Waals surface area contributed by atoms with E-state index < -0.39 is 0 Å². The molecule has 0 aromatic carbocycles. The van der Waals surface area contributed by atoms with Gasteiger partial charge in [-0.3, -0.25) is 0 Å². The maximum atomic E-state index is 12.2. The Morgan fingerprint density at radius 2 is 1.95 bits per heavy atom. The molecule has 22 heavy (non-hydrogen) atoms. The molecule has 1 atom stereocenters. The van der Waals surface area contributed by atoms with Crippen molar-refractivity contribution in [1.82, 2.24) is 14.7 Å². The molecule has 2 saturated heterocycles. The van der Waals surface area contributed by atoms with Gasteiger partial charge in [-0.05, 0) is 33.1 Å². The number of amides is 2. The van der Waals surface area contributed by atoms with Crippen LogP contribution in [0.3, 0.4) is 0 Å². The van der Waals surface area contributed by atoms with Gasteiger partial charge in [0.25, 0.3) is 0 Å². The van der Waals surface area contributed by atoms with E-state index in [1.165, 1.54) is 0 Å². The molecule has 0 aromatic rings. The van der Waals surface area contributed by atoms with Crippen LogP contribution in [0.1, 0.15) is 33.1 Å². The second-order valence-corrected chi connectivity index (χ2v) is 6.23. The number of piperidine rings is 1. The maximum absolute atomic E-state index is 12.2. The van der Waals surface area contributed by atoms with Crippen molar-refractivity contribution in [3.05, 3.63) is 0 Å². The van der Waals surface area contributed by atoms with Gasteiger partial charge in [-0.2, -0.15) is 0 Å².